The third-order valence-corrected chi connectivity index (χ3v) is 15.9. The lowest BCUT2D eigenvalue weighted by Gasteiger charge is -2.47. The second-order valence-corrected chi connectivity index (χ2v) is 20.6. The molecule has 2 aromatic carbocycles. The molecule has 0 spiro atoms. The summed E-state index contributed by atoms with van der Waals surface area (Å²) in [4.78, 5) is 19.2. The fraction of sp³-hybridized carbons (Fsp3) is 0.320. The Kier molecular flexibility index (Phi) is 11.6. The summed E-state index contributed by atoms with van der Waals surface area (Å²) in [5.74, 6) is -0.534. The smallest absolute Gasteiger partial charge is 0.130 e. The molecule has 2 saturated carbocycles. The van der Waals surface area contributed by atoms with Crippen molar-refractivity contribution in [3.05, 3.63) is 161 Å². The number of nitrogens with zero attached hydrogens (tertiary/aromatic N) is 9. The maximum atomic E-state index is 13.5. The summed E-state index contributed by atoms with van der Waals surface area (Å²) in [5, 5.41) is 30.4. The van der Waals surface area contributed by atoms with Gasteiger partial charge in [0.05, 0.1) is 58.7 Å². The Bertz CT molecular complexity index is 2930. The molecule has 5 aromatic heterocycles. The number of carbonyl (C=O) groups is 1. The summed E-state index contributed by atoms with van der Waals surface area (Å²) in [6.07, 6.45) is 24.9. The Hall–Kier alpha value is -5.90. The second-order valence-electron chi connectivity index (χ2n) is 17.8. The van der Waals surface area contributed by atoms with Gasteiger partial charge in [0.2, 0.25) is 0 Å². The van der Waals surface area contributed by atoms with Gasteiger partial charge in [-0.15, -0.1) is 23.5 Å². The first-order valence-electron chi connectivity index (χ1n) is 21.9. The zero-order valence-electron chi connectivity index (χ0n) is 36.4. The largest absolute Gasteiger partial charge is 0.386 e. The van der Waals surface area contributed by atoms with E-state index in [1.54, 1.807) is 30.5 Å². The van der Waals surface area contributed by atoms with E-state index in [0.717, 1.165) is 94.1 Å². The van der Waals surface area contributed by atoms with Crippen LogP contribution in [0.15, 0.2) is 125 Å². The van der Waals surface area contributed by atoms with Crippen LogP contribution in [0.5, 0.6) is 0 Å². The third kappa shape index (κ3) is 8.45. The zero-order chi connectivity index (χ0) is 44.9. The average molecular weight is 910 g/mol. The van der Waals surface area contributed by atoms with Crippen molar-refractivity contribution in [2.45, 2.75) is 84.7 Å². The minimum atomic E-state index is -0.733. The normalized spacial score (nSPS) is 22.6. The van der Waals surface area contributed by atoms with E-state index < -0.39 is 16.9 Å². The maximum Gasteiger partial charge on any atom is 0.130 e. The molecule has 15 heteroatoms. The van der Waals surface area contributed by atoms with Crippen LogP contribution < -0.4 is 0 Å². The summed E-state index contributed by atoms with van der Waals surface area (Å²) in [6, 6.07) is 16.7. The number of pyridine rings is 1. The van der Waals surface area contributed by atoms with Gasteiger partial charge in [0.1, 0.15) is 24.0 Å². The van der Waals surface area contributed by atoms with E-state index >= 15 is 0 Å². The molecule has 5 atom stereocenters. The predicted octanol–water partition coefficient (Wildman–Crippen LogP) is 9.67. The number of thioether (sulfide) groups is 2. The highest BCUT2D eigenvalue weighted by atomic mass is 32.2. The van der Waals surface area contributed by atoms with Gasteiger partial charge in [-0.25, -0.2) is 18.1 Å². The van der Waals surface area contributed by atoms with Crippen LogP contribution in [-0.4, -0.2) is 66.0 Å². The predicted molar refractivity (Wildman–Crippen MR) is 249 cm³/mol. The summed E-state index contributed by atoms with van der Waals surface area (Å²) >= 11 is 3.66. The molecule has 332 valence electrons. The first-order valence-corrected chi connectivity index (χ1v) is 23.7. The number of hydrogen-bond donors (Lipinski definition) is 1. The molecule has 0 bridgehead atoms. The van der Waals surface area contributed by atoms with Crippen LogP contribution in [0.25, 0.3) is 23.5 Å². The van der Waals surface area contributed by atoms with E-state index in [2.05, 4.69) is 37.5 Å². The first-order chi connectivity index (χ1) is 31.5. The van der Waals surface area contributed by atoms with Crippen molar-refractivity contribution in [1.82, 2.24) is 44.1 Å². The molecule has 2 fully saturated rings. The number of carbonyl (C=O) groups excluding carboxylic acids is 1. The fourth-order valence-corrected chi connectivity index (χ4v) is 12.9. The SMILES string of the molecule is Cc1ccnc(C(O)[C@]23Cc4cnn(-c5ccc(F)cc5)c4C=C2CC[C@H](Sc2cnn(C)c2)C3)c1.Cn1cc(S[C@H]2CCC3=Cc4c(cnn4-c4ccc(F)cc4)C[C@]3(C=O)C2)cn1. The monoisotopic (exact) mass is 909 g/mol. The van der Waals surface area contributed by atoms with Crippen LogP contribution >= 0.6 is 23.5 Å². The van der Waals surface area contributed by atoms with Crippen LogP contribution in [0.2, 0.25) is 0 Å². The lowest BCUT2D eigenvalue weighted by molar-refractivity contribution is -0.115. The highest BCUT2D eigenvalue weighted by Gasteiger charge is 2.50. The van der Waals surface area contributed by atoms with Gasteiger partial charge in [-0.05, 0) is 148 Å². The average Bonchev–Trinajstić information content (AvgIpc) is 4.12. The number of halogens is 2. The molecule has 0 saturated heterocycles. The second kappa shape index (κ2) is 17.5. The van der Waals surface area contributed by atoms with Crippen molar-refractivity contribution in [3.63, 3.8) is 0 Å². The lowest BCUT2D eigenvalue weighted by Crippen LogP contribution is -2.41. The van der Waals surface area contributed by atoms with Crippen LogP contribution in [0.3, 0.4) is 0 Å². The minimum Gasteiger partial charge on any atom is -0.386 e. The molecule has 11 rings (SSSR count). The molecule has 7 aromatic rings. The number of fused-ring (bicyclic) bond motifs is 4. The van der Waals surface area contributed by atoms with Gasteiger partial charge >= 0.3 is 0 Å². The number of benzene rings is 2. The van der Waals surface area contributed by atoms with Crippen molar-refractivity contribution in [3.8, 4) is 11.4 Å². The zero-order valence-corrected chi connectivity index (χ0v) is 38.0. The van der Waals surface area contributed by atoms with E-state index in [1.807, 2.05) is 113 Å². The molecular formula is C50H49F2N9O2S2. The number of allylic oxidation sites excluding steroid dienone is 1. The van der Waals surface area contributed by atoms with E-state index in [1.165, 1.54) is 35.4 Å². The fourth-order valence-electron chi connectivity index (χ4n) is 10.2. The Morgan fingerprint density at radius 3 is 1.80 bits per heavy atom. The molecule has 4 aliphatic rings. The number of aliphatic hydroxyl groups is 1. The number of aldehydes is 1. The van der Waals surface area contributed by atoms with Crippen molar-refractivity contribution < 1.29 is 18.7 Å². The number of rotatable bonds is 9. The van der Waals surface area contributed by atoms with Gasteiger partial charge in [-0.2, -0.15) is 20.4 Å². The number of hydrogen-bond acceptors (Lipinski definition) is 9. The molecule has 1 N–H and O–H groups in total. The first kappa shape index (κ1) is 43.0. The summed E-state index contributed by atoms with van der Waals surface area (Å²) < 4.78 is 34.2. The van der Waals surface area contributed by atoms with E-state index in [9.17, 15) is 18.7 Å². The van der Waals surface area contributed by atoms with Crippen molar-refractivity contribution in [1.29, 1.82) is 0 Å². The molecule has 5 heterocycles. The molecular weight excluding hydrogens is 861 g/mol. The Labute approximate surface area is 384 Å². The molecule has 0 aliphatic heterocycles. The molecule has 0 radical (unpaired) electrons. The summed E-state index contributed by atoms with van der Waals surface area (Å²) in [5.41, 5.74) is 9.10. The minimum absolute atomic E-state index is 0.266. The Morgan fingerprint density at radius 2 is 1.26 bits per heavy atom. The highest BCUT2D eigenvalue weighted by molar-refractivity contribution is 8.00. The van der Waals surface area contributed by atoms with Gasteiger partial charge in [-0.1, -0.05) is 11.1 Å². The van der Waals surface area contributed by atoms with E-state index in [-0.39, 0.29) is 11.6 Å². The van der Waals surface area contributed by atoms with Crippen molar-refractivity contribution in [2.75, 3.05) is 0 Å². The Morgan fingerprint density at radius 1 is 0.723 bits per heavy atom. The van der Waals surface area contributed by atoms with Gasteiger partial charge in [0.25, 0.3) is 0 Å². The highest BCUT2D eigenvalue weighted by Crippen LogP contribution is 2.57. The van der Waals surface area contributed by atoms with Crippen LogP contribution in [0.1, 0.15) is 78.4 Å². The van der Waals surface area contributed by atoms with Gasteiger partial charge < -0.3 is 9.90 Å². The van der Waals surface area contributed by atoms with Crippen molar-refractivity contribution >= 4 is 42.0 Å². The van der Waals surface area contributed by atoms with Gasteiger partial charge in [0.15, 0.2) is 0 Å². The topological polar surface area (TPSA) is 121 Å². The van der Waals surface area contributed by atoms with Crippen molar-refractivity contribution in [2.24, 2.45) is 24.9 Å². The molecule has 11 nitrogen and oxygen atoms in total. The number of aromatic nitrogens is 9. The van der Waals surface area contributed by atoms with E-state index in [4.69, 9.17) is 0 Å². The number of aryl methyl sites for hydroxylation is 3. The third-order valence-electron chi connectivity index (χ3n) is 13.4. The number of aliphatic hydroxyl groups excluding tert-OH is 1. The molecule has 0 amide bonds. The summed E-state index contributed by atoms with van der Waals surface area (Å²) in [7, 11) is 3.85. The Balaban J connectivity index is 0.000000157. The molecule has 65 heavy (non-hydrogen) atoms. The quantitative estimate of drug-likeness (QED) is 0.141. The van der Waals surface area contributed by atoms with E-state index in [0.29, 0.717) is 29.0 Å². The lowest BCUT2D eigenvalue weighted by atomic mass is 9.60. The maximum absolute atomic E-state index is 13.5. The van der Waals surface area contributed by atoms with Gasteiger partial charge in [-0.3, -0.25) is 14.3 Å². The van der Waals surface area contributed by atoms with Crippen LogP contribution in [-0.2, 0) is 31.7 Å². The molecule has 4 aliphatic carbocycles. The standard InChI is InChI=1S/C28H28FN5OS.C22H21FN4OS/c1-18-9-10-30-25(11-18)27(35)28-13-19-15-32-34(22-6-4-21(29)5-7-22)26(19)12-20(28)3-8-23(14-28)36-24-16-31-33(2)17-24;1-26-13-20(12-24-26)29-19-7-2-16-8-21-15(9-22(16,10-19)14-28)11-25-27(21)18-5-3-17(23)4-6-18/h4-7,9-12,15-17,23,27,35H,3,8,13-14H2,1-2H3;3-6,8,11-14,19H,2,7,9-10H2,1H3/t23-,27?,28-;19-,22+/m00/s1. The van der Waals surface area contributed by atoms with Gasteiger partial charge in [0, 0.05) is 58.4 Å². The molecule has 1 unspecified atom stereocenters. The van der Waals surface area contributed by atoms with Crippen LogP contribution in [0, 0.1) is 29.4 Å². The van der Waals surface area contributed by atoms with Crippen LogP contribution in [0.4, 0.5) is 8.78 Å². The summed E-state index contributed by atoms with van der Waals surface area (Å²) in [6.45, 7) is 2.03.